The fourth-order valence-electron chi connectivity index (χ4n) is 2.95. The van der Waals surface area contributed by atoms with E-state index in [2.05, 4.69) is 54.2 Å². The van der Waals surface area contributed by atoms with Crippen molar-refractivity contribution in [1.29, 1.82) is 0 Å². The van der Waals surface area contributed by atoms with Gasteiger partial charge in [0.15, 0.2) is 0 Å². The molecule has 0 amide bonds. The number of hydrogen-bond acceptors (Lipinski definition) is 1. The minimum Gasteiger partial charge on any atom is -0.345 e. The maximum atomic E-state index is 12.9. The number of fused-ring (bicyclic) bond motifs is 1. The van der Waals surface area contributed by atoms with Crippen molar-refractivity contribution in [2.45, 2.75) is 32.9 Å². The molecule has 120 valence electrons. The second-order valence-corrected chi connectivity index (χ2v) is 6.23. The molecule has 3 heteroatoms. The molecule has 2 nitrogen and oxygen atoms in total. The van der Waals surface area contributed by atoms with Crippen molar-refractivity contribution >= 4 is 10.9 Å². The van der Waals surface area contributed by atoms with Gasteiger partial charge in [-0.3, -0.25) is 0 Å². The van der Waals surface area contributed by atoms with Gasteiger partial charge in [0.2, 0.25) is 0 Å². The quantitative estimate of drug-likeness (QED) is 0.653. The van der Waals surface area contributed by atoms with E-state index in [0.717, 1.165) is 25.1 Å². The van der Waals surface area contributed by atoms with Crippen LogP contribution in [0.4, 0.5) is 4.39 Å². The molecule has 1 aromatic heterocycles. The molecule has 2 aromatic carbocycles. The van der Waals surface area contributed by atoms with Crippen molar-refractivity contribution in [3.8, 4) is 0 Å². The third kappa shape index (κ3) is 3.62. The van der Waals surface area contributed by atoms with Gasteiger partial charge in [-0.2, -0.15) is 0 Å². The zero-order chi connectivity index (χ0) is 16.2. The standard InChI is InChI=1S/C20H23FN2/c1-15(2)23-14-17(19-5-3-4-6-20(19)23)13-22-12-11-16-7-9-18(21)10-8-16/h3-10,14-15,22H,11-13H2,1-2H3. The summed E-state index contributed by atoms with van der Waals surface area (Å²) < 4.78 is 15.2. The molecule has 1 N–H and O–H groups in total. The van der Waals surface area contributed by atoms with E-state index in [0.29, 0.717) is 6.04 Å². The lowest BCUT2D eigenvalue weighted by Gasteiger charge is -2.08. The number of hydrogen-bond donors (Lipinski definition) is 1. The molecule has 0 saturated carbocycles. The molecular weight excluding hydrogens is 287 g/mol. The third-order valence-corrected chi connectivity index (χ3v) is 4.20. The summed E-state index contributed by atoms with van der Waals surface area (Å²) in [5.41, 5.74) is 3.77. The van der Waals surface area contributed by atoms with E-state index in [-0.39, 0.29) is 5.82 Å². The van der Waals surface area contributed by atoms with Gasteiger partial charge >= 0.3 is 0 Å². The molecule has 0 saturated heterocycles. The number of benzene rings is 2. The van der Waals surface area contributed by atoms with E-state index in [1.165, 1.54) is 28.6 Å². The van der Waals surface area contributed by atoms with Crippen LogP contribution in [0, 0.1) is 5.82 Å². The first-order chi connectivity index (χ1) is 11.1. The van der Waals surface area contributed by atoms with Crippen LogP contribution in [0.15, 0.2) is 54.7 Å². The van der Waals surface area contributed by atoms with Crippen LogP contribution < -0.4 is 5.32 Å². The van der Waals surface area contributed by atoms with Gasteiger partial charge in [0.25, 0.3) is 0 Å². The molecule has 3 aromatic rings. The van der Waals surface area contributed by atoms with E-state index in [9.17, 15) is 4.39 Å². The van der Waals surface area contributed by atoms with Crippen LogP contribution in [-0.2, 0) is 13.0 Å². The van der Waals surface area contributed by atoms with Crippen LogP contribution >= 0.6 is 0 Å². The predicted octanol–water partition coefficient (Wildman–Crippen LogP) is 4.69. The summed E-state index contributed by atoms with van der Waals surface area (Å²) in [5.74, 6) is -0.178. The molecule has 3 rings (SSSR count). The Morgan fingerprint density at radius 2 is 1.78 bits per heavy atom. The number of nitrogens with zero attached hydrogens (tertiary/aromatic N) is 1. The van der Waals surface area contributed by atoms with Crippen molar-refractivity contribution in [2.24, 2.45) is 0 Å². The van der Waals surface area contributed by atoms with E-state index in [1.807, 2.05) is 12.1 Å². The minimum absolute atomic E-state index is 0.178. The average molecular weight is 310 g/mol. The van der Waals surface area contributed by atoms with Crippen molar-refractivity contribution < 1.29 is 4.39 Å². The molecule has 0 fully saturated rings. The molecule has 0 unspecified atom stereocenters. The van der Waals surface area contributed by atoms with Gasteiger partial charge in [-0.15, -0.1) is 0 Å². The number of rotatable bonds is 6. The van der Waals surface area contributed by atoms with Crippen LogP contribution in [0.5, 0.6) is 0 Å². The molecule has 0 spiro atoms. The van der Waals surface area contributed by atoms with Gasteiger partial charge in [0.05, 0.1) is 0 Å². The normalized spacial score (nSPS) is 11.5. The Balaban J connectivity index is 1.64. The lowest BCUT2D eigenvalue weighted by Crippen LogP contribution is -2.16. The molecule has 0 aliphatic heterocycles. The Bertz CT molecular complexity index is 772. The van der Waals surface area contributed by atoms with Gasteiger partial charge in [0, 0.05) is 29.7 Å². The van der Waals surface area contributed by atoms with E-state index >= 15 is 0 Å². The van der Waals surface area contributed by atoms with Crippen molar-refractivity contribution in [2.75, 3.05) is 6.54 Å². The fourth-order valence-corrected chi connectivity index (χ4v) is 2.95. The van der Waals surface area contributed by atoms with Gasteiger partial charge in [-0.25, -0.2) is 4.39 Å². The van der Waals surface area contributed by atoms with E-state index < -0.39 is 0 Å². The first-order valence-electron chi connectivity index (χ1n) is 8.19. The van der Waals surface area contributed by atoms with Gasteiger partial charge in [-0.05, 0) is 56.1 Å². The maximum Gasteiger partial charge on any atom is 0.123 e. The topological polar surface area (TPSA) is 17.0 Å². The van der Waals surface area contributed by atoms with Gasteiger partial charge in [0.1, 0.15) is 5.82 Å². The van der Waals surface area contributed by atoms with Crippen molar-refractivity contribution in [3.05, 3.63) is 71.7 Å². The highest BCUT2D eigenvalue weighted by Gasteiger charge is 2.09. The molecule has 0 aliphatic rings. The molecule has 0 atom stereocenters. The Morgan fingerprint density at radius 3 is 2.52 bits per heavy atom. The Morgan fingerprint density at radius 1 is 1.04 bits per heavy atom. The first-order valence-corrected chi connectivity index (χ1v) is 8.19. The van der Waals surface area contributed by atoms with E-state index in [4.69, 9.17) is 0 Å². The highest BCUT2D eigenvalue weighted by Crippen LogP contribution is 2.24. The van der Waals surface area contributed by atoms with Crippen molar-refractivity contribution in [3.63, 3.8) is 0 Å². The van der Waals surface area contributed by atoms with Gasteiger partial charge in [-0.1, -0.05) is 30.3 Å². The van der Waals surface area contributed by atoms with Crippen LogP contribution in [0.1, 0.15) is 31.0 Å². The number of para-hydroxylation sites is 1. The largest absolute Gasteiger partial charge is 0.345 e. The number of nitrogens with one attached hydrogen (secondary N) is 1. The zero-order valence-electron chi connectivity index (χ0n) is 13.7. The summed E-state index contributed by atoms with van der Waals surface area (Å²) in [4.78, 5) is 0. The minimum atomic E-state index is -0.178. The summed E-state index contributed by atoms with van der Waals surface area (Å²) in [6.07, 6.45) is 3.16. The zero-order valence-corrected chi connectivity index (χ0v) is 13.7. The lowest BCUT2D eigenvalue weighted by molar-refractivity contribution is 0.616. The van der Waals surface area contributed by atoms with E-state index in [1.54, 1.807) is 0 Å². The second-order valence-electron chi connectivity index (χ2n) is 6.23. The van der Waals surface area contributed by atoms with Crippen LogP contribution in [-0.4, -0.2) is 11.1 Å². The Labute approximate surface area is 136 Å². The highest BCUT2D eigenvalue weighted by molar-refractivity contribution is 5.84. The molecule has 23 heavy (non-hydrogen) atoms. The Hall–Kier alpha value is -2.13. The molecule has 0 radical (unpaired) electrons. The van der Waals surface area contributed by atoms with Crippen molar-refractivity contribution in [1.82, 2.24) is 9.88 Å². The summed E-state index contributed by atoms with van der Waals surface area (Å²) in [5, 5.41) is 4.82. The summed E-state index contributed by atoms with van der Waals surface area (Å²) in [6.45, 7) is 6.14. The SMILES string of the molecule is CC(C)n1cc(CNCCc2ccc(F)cc2)c2ccccc21. The number of halogens is 1. The van der Waals surface area contributed by atoms with Crippen LogP contribution in [0.3, 0.4) is 0 Å². The van der Waals surface area contributed by atoms with Gasteiger partial charge < -0.3 is 9.88 Å². The molecule has 0 aliphatic carbocycles. The third-order valence-electron chi connectivity index (χ3n) is 4.20. The molecular formula is C20H23FN2. The van der Waals surface area contributed by atoms with Crippen LogP contribution in [0.2, 0.25) is 0 Å². The lowest BCUT2D eigenvalue weighted by atomic mass is 10.1. The summed E-state index contributed by atoms with van der Waals surface area (Å²) in [6, 6.07) is 15.7. The first kappa shape index (κ1) is 15.8. The smallest absolute Gasteiger partial charge is 0.123 e. The summed E-state index contributed by atoms with van der Waals surface area (Å²) in [7, 11) is 0. The Kier molecular flexibility index (Phi) is 4.77. The highest BCUT2D eigenvalue weighted by atomic mass is 19.1. The monoisotopic (exact) mass is 310 g/mol. The molecule has 0 bridgehead atoms. The summed E-state index contributed by atoms with van der Waals surface area (Å²) >= 11 is 0. The second kappa shape index (κ2) is 6.97. The fraction of sp³-hybridized carbons (Fsp3) is 0.300. The maximum absolute atomic E-state index is 12.9. The predicted molar refractivity (Wildman–Crippen MR) is 94.1 cm³/mol. The van der Waals surface area contributed by atoms with Crippen LogP contribution in [0.25, 0.3) is 10.9 Å². The molecule has 1 heterocycles. The number of aromatic nitrogens is 1. The average Bonchev–Trinajstić information content (AvgIpc) is 2.92.